The fourth-order valence-corrected chi connectivity index (χ4v) is 2.47. The molecule has 1 aliphatic rings. The summed E-state index contributed by atoms with van der Waals surface area (Å²) < 4.78 is 5.65. The van der Waals surface area contributed by atoms with Crippen LogP contribution in [0.2, 0.25) is 5.02 Å². The van der Waals surface area contributed by atoms with Crippen LogP contribution in [0.4, 0.5) is 0 Å². The molecule has 2 N–H and O–H groups in total. The van der Waals surface area contributed by atoms with E-state index >= 15 is 0 Å². The van der Waals surface area contributed by atoms with Crippen LogP contribution < -0.4 is 10.5 Å². The lowest BCUT2D eigenvalue weighted by atomic mass is 10.1. The fraction of sp³-hybridized carbons (Fsp3) is 0.533. The van der Waals surface area contributed by atoms with Crippen LogP contribution in [0.25, 0.3) is 0 Å². The Morgan fingerprint density at radius 3 is 2.67 bits per heavy atom. The van der Waals surface area contributed by atoms with Crippen molar-refractivity contribution in [2.75, 3.05) is 39.8 Å². The van der Waals surface area contributed by atoms with Crippen LogP contribution in [0, 0.1) is 0 Å². The monoisotopic (exact) mass is 311 g/mol. The van der Waals surface area contributed by atoms with Crippen LogP contribution in [0.3, 0.4) is 0 Å². The molecule has 0 spiro atoms. The van der Waals surface area contributed by atoms with Gasteiger partial charge in [-0.2, -0.15) is 0 Å². The number of ether oxygens (including phenoxy) is 1. The van der Waals surface area contributed by atoms with Crippen molar-refractivity contribution >= 4 is 17.5 Å². The summed E-state index contributed by atoms with van der Waals surface area (Å²) in [7, 11) is 2.06. The maximum atomic E-state index is 12.2. The Hall–Kier alpha value is -1.30. The number of halogens is 1. The number of hydrogen-bond acceptors (Lipinski definition) is 4. The third-order valence-electron chi connectivity index (χ3n) is 3.67. The Morgan fingerprint density at radius 2 is 2.05 bits per heavy atom. The summed E-state index contributed by atoms with van der Waals surface area (Å²) in [6, 6.07) is 5.08. The van der Waals surface area contributed by atoms with Crippen LogP contribution in [0.5, 0.6) is 5.75 Å². The van der Waals surface area contributed by atoms with E-state index in [-0.39, 0.29) is 18.6 Å². The van der Waals surface area contributed by atoms with Gasteiger partial charge < -0.3 is 20.3 Å². The van der Waals surface area contributed by atoms with Crippen LogP contribution >= 0.6 is 11.6 Å². The number of carbonyl (C=O) groups excluding carboxylic acids is 1. The van der Waals surface area contributed by atoms with Gasteiger partial charge >= 0.3 is 0 Å². The Labute approximate surface area is 130 Å². The van der Waals surface area contributed by atoms with E-state index in [0.717, 1.165) is 31.7 Å². The lowest BCUT2D eigenvalue weighted by Gasteiger charge is -2.32. The first-order valence-electron chi connectivity index (χ1n) is 7.11. The predicted octanol–water partition coefficient (Wildman–Crippen LogP) is 1.51. The number of carbonyl (C=O) groups is 1. The molecular formula is C15H22ClN3O2. The molecule has 0 aliphatic carbocycles. The number of likely N-dealkylation sites (N-methyl/N-ethyl adjacent to an activating group) is 1. The van der Waals surface area contributed by atoms with Crippen LogP contribution in [-0.2, 0) is 4.79 Å². The topological polar surface area (TPSA) is 58.8 Å². The van der Waals surface area contributed by atoms with Crippen molar-refractivity contribution < 1.29 is 9.53 Å². The molecule has 1 fully saturated rings. The van der Waals surface area contributed by atoms with Crippen LogP contribution in [0.15, 0.2) is 18.2 Å². The minimum absolute atomic E-state index is 0.00803. The number of rotatable bonds is 4. The molecule has 1 aromatic carbocycles. The third kappa shape index (κ3) is 4.33. The van der Waals surface area contributed by atoms with Gasteiger partial charge in [0.25, 0.3) is 5.91 Å². The zero-order valence-electron chi connectivity index (χ0n) is 12.5. The van der Waals surface area contributed by atoms with Gasteiger partial charge in [-0.05, 0) is 32.2 Å². The largest absolute Gasteiger partial charge is 0.483 e. The van der Waals surface area contributed by atoms with Crippen molar-refractivity contribution in [3.63, 3.8) is 0 Å². The standard InChI is InChI=1S/C15H22ClN3O2/c1-11(17)13-9-12(16)3-4-14(13)21-10-15(20)19-7-5-18(2)6-8-19/h3-4,9,11H,5-8,10,17H2,1-2H3. The highest BCUT2D eigenvalue weighted by atomic mass is 35.5. The van der Waals surface area contributed by atoms with Gasteiger partial charge in [-0.1, -0.05) is 11.6 Å². The second-order valence-electron chi connectivity index (χ2n) is 5.44. The quantitative estimate of drug-likeness (QED) is 0.916. The minimum Gasteiger partial charge on any atom is -0.483 e. The average molecular weight is 312 g/mol. The Morgan fingerprint density at radius 1 is 1.38 bits per heavy atom. The molecule has 5 nitrogen and oxygen atoms in total. The van der Waals surface area contributed by atoms with Gasteiger partial charge in [-0.15, -0.1) is 0 Å². The lowest BCUT2D eigenvalue weighted by molar-refractivity contribution is -0.134. The van der Waals surface area contributed by atoms with Gasteiger partial charge in [0.1, 0.15) is 5.75 Å². The highest BCUT2D eigenvalue weighted by Crippen LogP contribution is 2.27. The number of benzene rings is 1. The molecule has 2 rings (SSSR count). The molecule has 116 valence electrons. The third-order valence-corrected chi connectivity index (χ3v) is 3.90. The first kappa shape index (κ1) is 16.1. The van der Waals surface area contributed by atoms with Gasteiger partial charge in [0.05, 0.1) is 0 Å². The zero-order valence-corrected chi connectivity index (χ0v) is 13.3. The van der Waals surface area contributed by atoms with Gasteiger partial charge in [-0.25, -0.2) is 0 Å². The minimum atomic E-state index is -0.197. The molecule has 1 amide bonds. The van der Waals surface area contributed by atoms with E-state index in [1.165, 1.54) is 0 Å². The van der Waals surface area contributed by atoms with E-state index in [1.807, 2.05) is 11.8 Å². The molecular weight excluding hydrogens is 290 g/mol. The van der Waals surface area contributed by atoms with Crippen molar-refractivity contribution in [2.45, 2.75) is 13.0 Å². The van der Waals surface area contributed by atoms with E-state index < -0.39 is 0 Å². The first-order chi connectivity index (χ1) is 9.97. The second kappa shape index (κ2) is 7.11. The Kier molecular flexibility index (Phi) is 5.45. The van der Waals surface area contributed by atoms with Crippen LogP contribution in [0.1, 0.15) is 18.5 Å². The van der Waals surface area contributed by atoms with E-state index in [9.17, 15) is 4.79 Å². The maximum absolute atomic E-state index is 12.2. The van der Waals surface area contributed by atoms with E-state index in [2.05, 4.69) is 11.9 Å². The van der Waals surface area contributed by atoms with Crippen molar-refractivity contribution in [1.29, 1.82) is 0 Å². The first-order valence-corrected chi connectivity index (χ1v) is 7.49. The number of piperazine rings is 1. The van der Waals surface area contributed by atoms with Gasteiger partial charge in [0.2, 0.25) is 0 Å². The molecule has 6 heteroatoms. The highest BCUT2D eigenvalue weighted by molar-refractivity contribution is 6.30. The van der Waals surface area contributed by atoms with Gasteiger partial charge in [-0.3, -0.25) is 4.79 Å². The normalized spacial score (nSPS) is 17.6. The Balaban J connectivity index is 1.95. The Bertz CT molecular complexity index is 500. The molecule has 1 heterocycles. The van der Waals surface area contributed by atoms with Crippen molar-refractivity contribution in [3.8, 4) is 5.75 Å². The van der Waals surface area contributed by atoms with E-state index in [0.29, 0.717) is 10.8 Å². The molecule has 1 unspecified atom stereocenters. The molecule has 1 saturated heterocycles. The summed E-state index contributed by atoms with van der Waals surface area (Å²) in [5.74, 6) is 0.630. The molecule has 1 aromatic rings. The number of amides is 1. The van der Waals surface area contributed by atoms with Gasteiger partial charge in [0, 0.05) is 42.8 Å². The molecule has 21 heavy (non-hydrogen) atoms. The van der Waals surface area contributed by atoms with E-state index in [1.54, 1.807) is 18.2 Å². The van der Waals surface area contributed by atoms with E-state index in [4.69, 9.17) is 22.1 Å². The van der Waals surface area contributed by atoms with Crippen molar-refractivity contribution in [1.82, 2.24) is 9.80 Å². The van der Waals surface area contributed by atoms with Gasteiger partial charge in [0.15, 0.2) is 6.61 Å². The highest BCUT2D eigenvalue weighted by Gasteiger charge is 2.20. The summed E-state index contributed by atoms with van der Waals surface area (Å²) in [4.78, 5) is 16.2. The predicted molar refractivity (Wildman–Crippen MR) is 83.6 cm³/mol. The molecule has 0 radical (unpaired) electrons. The lowest BCUT2D eigenvalue weighted by Crippen LogP contribution is -2.48. The summed E-state index contributed by atoms with van der Waals surface area (Å²) in [6.45, 7) is 5.19. The molecule has 1 aliphatic heterocycles. The van der Waals surface area contributed by atoms with Crippen molar-refractivity contribution in [3.05, 3.63) is 28.8 Å². The molecule has 0 aromatic heterocycles. The summed E-state index contributed by atoms with van der Waals surface area (Å²) in [6.07, 6.45) is 0. The molecule has 0 bridgehead atoms. The number of nitrogens with two attached hydrogens (primary N) is 1. The second-order valence-corrected chi connectivity index (χ2v) is 5.88. The number of hydrogen-bond donors (Lipinski definition) is 1. The SMILES string of the molecule is CC(N)c1cc(Cl)ccc1OCC(=O)N1CCN(C)CC1. The van der Waals surface area contributed by atoms with Crippen LogP contribution in [-0.4, -0.2) is 55.5 Å². The zero-order chi connectivity index (χ0) is 15.4. The molecule has 0 saturated carbocycles. The fourth-order valence-electron chi connectivity index (χ4n) is 2.29. The summed E-state index contributed by atoms with van der Waals surface area (Å²) >= 11 is 5.97. The van der Waals surface area contributed by atoms with Crippen molar-refractivity contribution in [2.24, 2.45) is 5.73 Å². The smallest absolute Gasteiger partial charge is 0.260 e. The average Bonchev–Trinajstić information content (AvgIpc) is 2.46. The maximum Gasteiger partial charge on any atom is 0.260 e. The summed E-state index contributed by atoms with van der Waals surface area (Å²) in [5.41, 5.74) is 6.72. The molecule has 1 atom stereocenters. The number of nitrogens with zero attached hydrogens (tertiary/aromatic N) is 2. The summed E-state index contributed by atoms with van der Waals surface area (Å²) in [5, 5.41) is 0.611.